The number of carbonyl (C=O) groups excluding carboxylic acids is 1. The van der Waals surface area contributed by atoms with E-state index < -0.39 is 0 Å². The van der Waals surface area contributed by atoms with Crippen molar-refractivity contribution in [1.82, 2.24) is 4.90 Å². The van der Waals surface area contributed by atoms with Crippen LogP contribution in [0.25, 0.3) is 0 Å². The number of benzene rings is 1. The van der Waals surface area contributed by atoms with Crippen molar-refractivity contribution in [1.29, 1.82) is 0 Å². The van der Waals surface area contributed by atoms with E-state index in [0.29, 0.717) is 6.54 Å². The zero-order chi connectivity index (χ0) is 17.2. The van der Waals surface area contributed by atoms with E-state index >= 15 is 0 Å². The number of hydrogen-bond donors (Lipinski definition) is 1. The maximum Gasteiger partial charge on any atom is 0.238 e. The second kappa shape index (κ2) is 7.21. The van der Waals surface area contributed by atoms with E-state index in [0.717, 1.165) is 55.8 Å². The molecule has 0 unspecified atom stereocenters. The first-order valence-corrected chi connectivity index (χ1v) is 8.79. The Morgan fingerprint density at radius 1 is 1.38 bits per heavy atom. The standard InChI is InChI=1S/C19H28N2O3/c1-14-6-4-7-15(2)18(14)20-17(22)13-21-10-9-19(8-5-11-24-19)16(12-21)23-3/h4,6-7,16H,5,8-13H2,1-3H3,(H,20,22)/t16-,19-/m0/s1. The SMILES string of the molecule is CO[C@H]1CN(CC(=O)Nc2c(C)cccc2C)CC[C@@]12CCCO2. The van der Waals surface area contributed by atoms with Gasteiger partial charge < -0.3 is 14.8 Å². The summed E-state index contributed by atoms with van der Waals surface area (Å²) in [6, 6.07) is 6.05. The minimum Gasteiger partial charge on any atom is -0.377 e. The number of rotatable bonds is 4. The lowest BCUT2D eigenvalue weighted by Gasteiger charge is -2.44. The van der Waals surface area contributed by atoms with Crippen LogP contribution in [0.2, 0.25) is 0 Å². The number of aryl methyl sites for hydroxylation is 2. The van der Waals surface area contributed by atoms with Crippen LogP contribution in [0.1, 0.15) is 30.4 Å². The molecule has 0 aromatic heterocycles. The summed E-state index contributed by atoms with van der Waals surface area (Å²) in [5, 5.41) is 3.07. The lowest BCUT2D eigenvalue weighted by atomic mass is 9.86. The van der Waals surface area contributed by atoms with Crippen LogP contribution in [0.5, 0.6) is 0 Å². The summed E-state index contributed by atoms with van der Waals surface area (Å²) in [6.45, 7) is 6.88. The predicted molar refractivity (Wildman–Crippen MR) is 94.3 cm³/mol. The number of nitrogens with zero attached hydrogens (tertiary/aromatic N) is 1. The van der Waals surface area contributed by atoms with Crippen LogP contribution >= 0.6 is 0 Å². The molecule has 2 atom stereocenters. The normalized spacial score (nSPS) is 27.5. The summed E-state index contributed by atoms with van der Waals surface area (Å²) >= 11 is 0. The highest BCUT2D eigenvalue weighted by atomic mass is 16.5. The highest BCUT2D eigenvalue weighted by Gasteiger charge is 2.46. The average molecular weight is 332 g/mol. The van der Waals surface area contributed by atoms with Crippen LogP contribution in [-0.2, 0) is 14.3 Å². The largest absolute Gasteiger partial charge is 0.377 e. The molecule has 2 aliphatic heterocycles. The van der Waals surface area contributed by atoms with Crippen LogP contribution in [0.4, 0.5) is 5.69 Å². The molecular weight excluding hydrogens is 304 g/mol. The number of nitrogens with one attached hydrogen (secondary N) is 1. The second-order valence-corrected chi connectivity index (χ2v) is 7.04. The lowest BCUT2D eigenvalue weighted by molar-refractivity contribution is -0.145. The fourth-order valence-electron chi connectivity index (χ4n) is 4.00. The van der Waals surface area contributed by atoms with Crippen LogP contribution in [0.3, 0.4) is 0 Å². The van der Waals surface area contributed by atoms with Crippen molar-refractivity contribution in [3.63, 3.8) is 0 Å². The third-order valence-corrected chi connectivity index (χ3v) is 5.39. The van der Waals surface area contributed by atoms with Crippen molar-refractivity contribution < 1.29 is 14.3 Å². The van der Waals surface area contributed by atoms with Crippen molar-refractivity contribution in [3.8, 4) is 0 Å². The molecule has 24 heavy (non-hydrogen) atoms. The van der Waals surface area contributed by atoms with Gasteiger partial charge in [-0.15, -0.1) is 0 Å². The molecular formula is C19H28N2O3. The topological polar surface area (TPSA) is 50.8 Å². The highest BCUT2D eigenvalue weighted by Crippen LogP contribution is 2.37. The molecule has 1 aromatic carbocycles. The minimum atomic E-state index is -0.131. The third-order valence-electron chi connectivity index (χ3n) is 5.39. The Labute approximate surface area is 144 Å². The molecule has 0 bridgehead atoms. The van der Waals surface area contributed by atoms with Gasteiger partial charge in [-0.3, -0.25) is 9.69 Å². The number of amides is 1. The minimum absolute atomic E-state index is 0.0329. The van der Waals surface area contributed by atoms with Crippen molar-refractivity contribution in [3.05, 3.63) is 29.3 Å². The monoisotopic (exact) mass is 332 g/mol. The molecule has 2 saturated heterocycles. The Morgan fingerprint density at radius 2 is 2.12 bits per heavy atom. The van der Waals surface area contributed by atoms with Gasteiger partial charge in [0.15, 0.2) is 0 Å². The Morgan fingerprint density at radius 3 is 2.75 bits per heavy atom. The number of likely N-dealkylation sites (tertiary alicyclic amines) is 1. The molecule has 132 valence electrons. The van der Waals surface area contributed by atoms with Crippen LogP contribution in [-0.4, -0.2) is 55.9 Å². The van der Waals surface area contributed by atoms with Gasteiger partial charge in [-0.2, -0.15) is 0 Å². The van der Waals surface area contributed by atoms with E-state index in [1.54, 1.807) is 7.11 Å². The molecule has 2 aliphatic rings. The van der Waals surface area contributed by atoms with Gasteiger partial charge in [0.1, 0.15) is 0 Å². The smallest absolute Gasteiger partial charge is 0.238 e. The second-order valence-electron chi connectivity index (χ2n) is 7.04. The number of anilines is 1. The van der Waals surface area contributed by atoms with Gasteiger partial charge in [-0.1, -0.05) is 18.2 Å². The highest BCUT2D eigenvalue weighted by molar-refractivity contribution is 5.93. The third kappa shape index (κ3) is 3.48. The molecule has 1 spiro atoms. The molecule has 2 heterocycles. The van der Waals surface area contributed by atoms with Crippen LogP contribution in [0.15, 0.2) is 18.2 Å². The van der Waals surface area contributed by atoms with Gasteiger partial charge >= 0.3 is 0 Å². The molecule has 3 rings (SSSR count). The Kier molecular flexibility index (Phi) is 5.23. The van der Waals surface area contributed by atoms with Gasteiger partial charge in [0.2, 0.25) is 5.91 Å². The van der Waals surface area contributed by atoms with Gasteiger partial charge in [-0.25, -0.2) is 0 Å². The molecule has 0 saturated carbocycles. The first kappa shape index (κ1) is 17.4. The Bertz CT molecular complexity index is 576. The van der Waals surface area contributed by atoms with Crippen molar-refractivity contribution in [2.45, 2.75) is 44.8 Å². The van der Waals surface area contributed by atoms with Crippen LogP contribution < -0.4 is 5.32 Å². The summed E-state index contributed by atoms with van der Waals surface area (Å²) in [4.78, 5) is 14.6. The summed E-state index contributed by atoms with van der Waals surface area (Å²) in [5.74, 6) is 0.0329. The molecule has 1 aromatic rings. The van der Waals surface area contributed by atoms with E-state index in [1.807, 2.05) is 32.0 Å². The first-order valence-electron chi connectivity index (χ1n) is 8.79. The number of piperidine rings is 1. The molecule has 0 aliphatic carbocycles. The average Bonchev–Trinajstić information content (AvgIpc) is 3.02. The maximum absolute atomic E-state index is 12.5. The molecule has 2 fully saturated rings. The number of para-hydroxylation sites is 1. The fraction of sp³-hybridized carbons (Fsp3) is 0.632. The van der Waals surface area contributed by atoms with E-state index in [9.17, 15) is 4.79 Å². The predicted octanol–water partition coefficient (Wildman–Crippen LogP) is 2.51. The number of ether oxygens (including phenoxy) is 2. The molecule has 0 radical (unpaired) electrons. The van der Waals surface area contributed by atoms with E-state index in [-0.39, 0.29) is 17.6 Å². The van der Waals surface area contributed by atoms with E-state index in [4.69, 9.17) is 9.47 Å². The van der Waals surface area contributed by atoms with Gasteiger partial charge in [-0.05, 0) is 44.2 Å². The molecule has 1 N–H and O–H groups in total. The summed E-state index contributed by atoms with van der Waals surface area (Å²) in [7, 11) is 1.74. The Hall–Kier alpha value is -1.43. The van der Waals surface area contributed by atoms with E-state index in [1.165, 1.54) is 0 Å². The van der Waals surface area contributed by atoms with E-state index in [2.05, 4.69) is 10.2 Å². The molecule has 1 amide bonds. The summed E-state index contributed by atoms with van der Waals surface area (Å²) in [6.07, 6.45) is 3.14. The number of methoxy groups -OCH3 is 1. The maximum atomic E-state index is 12.5. The van der Waals surface area contributed by atoms with Crippen molar-refractivity contribution >= 4 is 11.6 Å². The van der Waals surface area contributed by atoms with Crippen LogP contribution in [0, 0.1) is 13.8 Å². The molecule has 5 nitrogen and oxygen atoms in total. The summed E-state index contributed by atoms with van der Waals surface area (Å²) in [5.41, 5.74) is 2.98. The van der Waals surface area contributed by atoms with Crippen molar-refractivity contribution in [2.75, 3.05) is 38.7 Å². The zero-order valence-corrected chi connectivity index (χ0v) is 14.9. The van der Waals surface area contributed by atoms with Gasteiger partial charge in [0, 0.05) is 32.5 Å². The van der Waals surface area contributed by atoms with Gasteiger partial charge in [0.05, 0.1) is 18.2 Å². The zero-order valence-electron chi connectivity index (χ0n) is 14.9. The van der Waals surface area contributed by atoms with Crippen molar-refractivity contribution in [2.24, 2.45) is 0 Å². The Balaban J connectivity index is 1.59. The summed E-state index contributed by atoms with van der Waals surface area (Å²) < 4.78 is 11.7. The lowest BCUT2D eigenvalue weighted by Crippen LogP contribution is -2.57. The number of carbonyl (C=O) groups is 1. The van der Waals surface area contributed by atoms with Gasteiger partial charge in [0.25, 0.3) is 0 Å². The molecule has 5 heteroatoms. The number of hydrogen-bond acceptors (Lipinski definition) is 4. The fourth-order valence-corrected chi connectivity index (χ4v) is 4.00. The first-order chi connectivity index (χ1) is 11.5. The quantitative estimate of drug-likeness (QED) is 0.920.